The molecule has 1 aliphatic heterocycles. The van der Waals surface area contributed by atoms with Crippen LogP contribution >= 0.6 is 0 Å². The number of hydrogen-bond donors (Lipinski definition) is 1. The summed E-state index contributed by atoms with van der Waals surface area (Å²) in [6.45, 7) is 0. The molecular formula is C45H30N4O. The molecule has 50 heavy (non-hydrogen) atoms. The Kier molecular flexibility index (Phi) is 6.49. The van der Waals surface area contributed by atoms with Gasteiger partial charge in [-0.15, -0.1) is 0 Å². The molecule has 0 unspecified atom stereocenters. The first-order valence-electron chi connectivity index (χ1n) is 16.9. The Bertz CT molecular complexity index is 2720. The summed E-state index contributed by atoms with van der Waals surface area (Å²) in [6, 6.07) is 59.1. The molecule has 236 valence electrons. The van der Waals surface area contributed by atoms with Gasteiger partial charge in [-0.2, -0.15) is 0 Å². The normalized spacial score (nSPS) is 13.5. The number of aromatic nitrogens is 1. The lowest BCUT2D eigenvalue weighted by Gasteiger charge is -2.22. The minimum absolute atomic E-state index is 0.455. The first kappa shape index (κ1) is 28.3. The largest absolute Gasteiger partial charge is 0.456 e. The lowest BCUT2D eigenvalue weighted by molar-refractivity contribution is 0.668. The van der Waals surface area contributed by atoms with Gasteiger partial charge in [-0.05, 0) is 53.6 Å². The number of fused-ring (bicyclic) bond motifs is 6. The van der Waals surface area contributed by atoms with E-state index >= 15 is 0 Å². The van der Waals surface area contributed by atoms with Crippen LogP contribution in [0.4, 0.5) is 0 Å². The van der Waals surface area contributed by atoms with Crippen molar-refractivity contribution in [2.45, 2.75) is 6.17 Å². The van der Waals surface area contributed by atoms with Crippen molar-refractivity contribution < 1.29 is 4.42 Å². The van der Waals surface area contributed by atoms with Gasteiger partial charge in [-0.3, -0.25) is 0 Å². The number of aliphatic imine (C=N–C) groups is 2. The van der Waals surface area contributed by atoms with Gasteiger partial charge in [0, 0.05) is 43.9 Å². The van der Waals surface area contributed by atoms with Crippen molar-refractivity contribution in [2.75, 3.05) is 0 Å². The molecule has 0 bridgehead atoms. The molecule has 1 aliphatic rings. The average Bonchev–Trinajstić information content (AvgIpc) is 3.74. The zero-order valence-electron chi connectivity index (χ0n) is 27.0. The van der Waals surface area contributed by atoms with E-state index in [4.69, 9.17) is 14.4 Å². The Hall–Kier alpha value is -6.72. The molecule has 0 aliphatic carbocycles. The second-order valence-electron chi connectivity index (χ2n) is 12.6. The molecule has 5 nitrogen and oxygen atoms in total. The molecular weight excluding hydrogens is 613 g/mol. The van der Waals surface area contributed by atoms with Crippen LogP contribution < -0.4 is 5.32 Å². The fourth-order valence-electron chi connectivity index (χ4n) is 7.43. The number of nitrogens with one attached hydrogen (secondary N) is 1. The summed E-state index contributed by atoms with van der Waals surface area (Å²) >= 11 is 0. The third kappa shape index (κ3) is 4.55. The second-order valence-corrected chi connectivity index (χ2v) is 12.6. The van der Waals surface area contributed by atoms with E-state index < -0.39 is 6.17 Å². The zero-order valence-corrected chi connectivity index (χ0v) is 27.0. The Labute approximate surface area is 288 Å². The van der Waals surface area contributed by atoms with Crippen LogP contribution in [0.5, 0.6) is 0 Å². The van der Waals surface area contributed by atoms with E-state index in [0.29, 0.717) is 0 Å². The Morgan fingerprint density at radius 1 is 0.480 bits per heavy atom. The summed E-state index contributed by atoms with van der Waals surface area (Å²) in [5.41, 5.74) is 10.5. The second kappa shape index (κ2) is 11.5. The van der Waals surface area contributed by atoms with E-state index in [-0.39, 0.29) is 0 Å². The molecule has 3 heterocycles. The van der Waals surface area contributed by atoms with Gasteiger partial charge in [0.25, 0.3) is 0 Å². The number of benzene rings is 7. The number of para-hydroxylation sites is 2. The summed E-state index contributed by atoms with van der Waals surface area (Å²) in [5.74, 6) is 1.58. The predicted octanol–water partition coefficient (Wildman–Crippen LogP) is 10.8. The summed E-state index contributed by atoms with van der Waals surface area (Å²) in [7, 11) is 0. The van der Waals surface area contributed by atoms with E-state index in [1.165, 1.54) is 27.4 Å². The monoisotopic (exact) mass is 642 g/mol. The number of nitrogens with zero attached hydrogens (tertiary/aromatic N) is 3. The summed E-state index contributed by atoms with van der Waals surface area (Å²) in [5, 5.41) is 8.03. The van der Waals surface area contributed by atoms with Gasteiger partial charge in [-0.25, -0.2) is 9.98 Å². The standard InChI is InChI=1S/C45H30N4O/c1-4-14-29(15-5-1)43-46-44(30-16-6-2-7-17-30)48-45(47-43)36-22-13-25-39-42(36)35-27-26-31(28-40(35)50-39)33-21-12-24-38-41(33)34-20-10-11-23-37(34)49(38)32-18-8-3-9-19-32/h1-28,45H,(H,46,47,48). The van der Waals surface area contributed by atoms with E-state index in [9.17, 15) is 0 Å². The van der Waals surface area contributed by atoms with Crippen LogP contribution in [0.2, 0.25) is 0 Å². The van der Waals surface area contributed by atoms with Crippen LogP contribution in [-0.2, 0) is 0 Å². The van der Waals surface area contributed by atoms with E-state index in [2.05, 4.69) is 131 Å². The van der Waals surface area contributed by atoms with Gasteiger partial charge in [0.15, 0.2) is 6.17 Å². The maximum Gasteiger partial charge on any atom is 0.170 e. The molecule has 0 saturated heterocycles. The Morgan fingerprint density at radius 2 is 1.12 bits per heavy atom. The maximum atomic E-state index is 6.63. The molecule has 0 saturated carbocycles. The zero-order chi connectivity index (χ0) is 33.0. The SMILES string of the molecule is c1ccc(C2=NC(c3cccc4oc5cc(-c6cccc7c6c6ccccc6n7-c6ccccc6)ccc5c34)N=C(c3ccccc3)N2)cc1. The molecule has 0 spiro atoms. The van der Waals surface area contributed by atoms with Crippen LogP contribution in [0, 0.1) is 0 Å². The minimum Gasteiger partial charge on any atom is -0.456 e. The number of hydrogen-bond acceptors (Lipinski definition) is 4. The van der Waals surface area contributed by atoms with Gasteiger partial charge in [-0.1, -0.05) is 127 Å². The summed E-state index contributed by atoms with van der Waals surface area (Å²) in [6.07, 6.45) is -0.455. The summed E-state index contributed by atoms with van der Waals surface area (Å²) in [4.78, 5) is 10.3. The molecule has 1 N–H and O–H groups in total. The molecule has 0 radical (unpaired) electrons. The highest BCUT2D eigenvalue weighted by molar-refractivity contribution is 6.18. The molecule has 10 rings (SSSR count). The number of amidine groups is 2. The fraction of sp³-hybridized carbons (Fsp3) is 0.0222. The van der Waals surface area contributed by atoms with Crippen LogP contribution in [0.3, 0.4) is 0 Å². The molecule has 0 atom stereocenters. The first-order valence-corrected chi connectivity index (χ1v) is 16.9. The molecule has 0 amide bonds. The highest BCUT2D eigenvalue weighted by Gasteiger charge is 2.24. The van der Waals surface area contributed by atoms with Gasteiger partial charge in [0.1, 0.15) is 22.8 Å². The van der Waals surface area contributed by atoms with Gasteiger partial charge >= 0.3 is 0 Å². The van der Waals surface area contributed by atoms with Gasteiger partial charge in [0.05, 0.1) is 11.0 Å². The molecule has 7 aromatic carbocycles. The van der Waals surface area contributed by atoms with Crippen molar-refractivity contribution in [1.29, 1.82) is 0 Å². The molecule has 9 aromatic rings. The van der Waals surface area contributed by atoms with Crippen molar-refractivity contribution in [1.82, 2.24) is 9.88 Å². The van der Waals surface area contributed by atoms with Crippen molar-refractivity contribution in [3.63, 3.8) is 0 Å². The van der Waals surface area contributed by atoms with E-state index in [1.54, 1.807) is 0 Å². The molecule has 2 aromatic heterocycles. The van der Waals surface area contributed by atoms with E-state index in [1.807, 2.05) is 48.5 Å². The maximum absolute atomic E-state index is 6.63. The lowest BCUT2D eigenvalue weighted by atomic mass is 9.97. The molecule has 0 fully saturated rings. The average molecular weight is 643 g/mol. The molecule has 5 heteroatoms. The lowest BCUT2D eigenvalue weighted by Crippen LogP contribution is -2.36. The highest BCUT2D eigenvalue weighted by Crippen LogP contribution is 2.42. The fourth-order valence-corrected chi connectivity index (χ4v) is 7.43. The van der Waals surface area contributed by atoms with Crippen molar-refractivity contribution in [2.24, 2.45) is 9.98 Å². The van der Waals surface area contributed by atoms with Crippen molar-refractivity contribution >= 4 is 55.4 Å². The smallest absolute Gasteiger partial charge is 0.170 e. The van der Waals surface area contributed by atoms with E-state index in [0.717, 1.165) is 61.6 Å². The third-order valence-electron chi connectivity index (χ3n) is 9.66. The van der Waals surface area contributed by atoms with Crippen molar-refractivity contribution in [3.05, 3.63) is 187 Å². The van der Waals surface area contributed by atoms with Gasteiger partial charge in [0.2, 0.25) is 0 Å². The highest BCUT2D eigenvalue weighted by atomic mass is 16.3. The van der Waals surface area contributed by atoms with Crippen molar-refractivity contribution in [3.8, 4) is 16.8 Å². The predicted molar refractivity (Wildman–Crippen MR) is 205 cm³/mol. The van der Waals surface area contributed by atoms with Crippen LogP contribution in [0.1, 0.15) is 22.9 Å². The van der Waals surface area contributed by atoms with Gasteiger partial charge < -0.3 is 14.3 Å². The quantitative estimate of drug-likeness (QED) is 0.203. The number of rotatable bonds is 5. The Morgan fingerprint density at radius 3 is 1.86 bits per heavy atom. The van der Waals surface area contributed by atoms with Crippen LogP contribution in [-0.4, -0.2) is 16.2 Å². The first-order chi connectivity index (χ1) is 24.8. The third-order valence-corrected chi connectivity index (χ3v) is 9.66. The topological polar surface area (TPSA) is 54.8 Å². The van der Waals surface area contributed by atoms with Crippen LogP contribution in [0.25, 0.3) is 60.6 Å². The Balaban J connectivity index is 1.14. The van der Waals surface area contributed by atoms with Crippen LogP contribution in [0.15, 0.2) is 184 Å². The minimum atomic E-state index is -0.455. The summed E-state index contributed by atoms with van der Waals surface area (Å²) < 4.78 is 8.98. The number of furan rings is 1.